The van der Waals surface area contributed by atoms with Crippen molar-refractivity contribution in [3.63, 3.8) is 0 Å². The molecule has 7 nitrogen and oxygen atoms in total. The summed E-state index contributed by atoms with van der Waals surface area (Å²) >= 11 is 0. The number of rotatable bonds is 3. The molecular formula is C12H12N4O3. The Bertz CT molecular complexity index is 618. The predicted octanol–water partition coefficient (Wildman–Crippen LogP) is 1.42. The third-order valence-electron chi connectivity index (χ3n) is 2.25. The molecule has 1 aromatic heterocycles. The minimum absolute atomic E-state index is 0.250. The lowest BCUT2D eigenvalue weighted by Crippen LogP contribution is -2.21. The minimum Gasteiger partial charge on any atom is -0.497 e. The van der Waals surface area contributed by atoms with Gasteiger partial charge in [0.15, 0.2) is 5.82 Å². The predicted molar refractivity (Wildman–Crippen MR) is 70.5 cm³/mol. The molecule has 19 heavy (non-hydrogen) atoms. The summed E-state index contributed by atoms with van der Waals surface area (Å²) in [5.41, 5.74) is 0.250. The topological polar surface area (TPSA) is 96.1 Å². The molecule has 0 spiro atoms. The highest BCUT2D eigenvalue weighted by atomic mass is 16.5. The van der Waals surface area contributed by atoms with Gasteiger partial charge in [0.05, 0.1) is 7.11 Å². The first kappa shape index (κ1) is 12.6. The van der Waals surface area contributed by atoms with Crippen LogP contribution in [0.4, 0.5) is 16.3 Å². The molecule has 98 valence electrons. The molecule has 0 aliphatic rings. The molecule has 0 atom stereocenters. The van der Waals surface area contributed by atoms with E-state index in [1.54, 1.807) is 31.4 Å². The number of hydrogen-bond acceptors (Lipinski definition) is 4. The lowest BCUT2D eigenvalue weighted by molar-refractivity contribution is 0.262. The second-order valence-corrected chi connectivity index (χ2v) is 3.62. The maximum atomic E-state index is 11.7. The summed E-state index contributed by atoms with van der Waals surface area (Å²) < 4.78 is 5.04. The molecule has 0 fully saturated rings. The van der Waals surface area contributed by atoms with Crippen LogP contribution in [0.15, 0.2) is 41.2 Å². The number of amides is 2. The maximum Gasteiger partial charge on any atom is 0.324 e. The van der Waals surface area contributed by atoms with Crippen LogP contribution >= 0.6 is 0 Å². The first-order chi connectivity index (χ1) is 9.17. The quantitative estimate of drug-likeness (QED) is 0.777. The number of nitrogens with zero attached hydrogens (tertiary/aromatic N) is 1. The fraction of sp³-hybridized carbons (Fsp3) is 0.0833. The van der Waals surface area contributed by atoms with Crippen molar-refractivity contribution >= 4 is 17.5 Å². The van der Waals surface area contributed by atoms with Crippen molar-refractivity contribution in [3.8, 4) is 5.75 Å². The van der Waals surface area contributed by atoms with E-state index >= 15 is 0 Å². The molecule has 0 unspecified atom stereocenters. The molecule has 3 N–H and O–H groups in total. The number of methoxy groups -OCH3 is 1. The Morgan fingerprint density at radius 1 is 1.26 bits per heavy atom. The van der Waals surface area contributed by atoms with Gasteiger partial charge in [-0.2, -0.15) is 5.10 Å². The van der Waals surface area contributed by atoms with E-state index in [9.17, 15) is 9.59 Å². The molecule has 0 saturated carbocycles. The summed E-state index contributed by atoms with van der Waals surface area (Å²) in [7, 11) is 1.55. The highest BCUT2D eigenvalue weighted by Crippen LogP contribution is 2.16. The van der Waals surface area contributed by atoms with Crippen LogP contribution in [0.25, 0.3) is 0 Å². The number of H-pyrrole nitrogens is 1. The number of anilines is 2. The second-order valence-electron chi connectivity index (χ2n) is 3.62. The molecular weight excluding hydrogens is 248 g/mol. The van der Waals surface area contributed by atoms with E-state index < -0.39 is 6.03 Å². The van der Waals surface area contributed by atoms with E-state index in [0.29, 0.717) is 11.4 Å². The lowest BCUT2D eigenvalue weighted by Gasteiger charge is -2.07. The van der Waals surface area contributed by atoms with Gasteiger partial charge in [-0.3, -0.25) is 10.1 Å². The number of aromatic nitrogens is 2. The molecule has 0 saturated heterocycles. The average molecular weight is 260 g/mol. The third kappa shape index (κ3) is 3.56. The van der Waals surface area contributed by atoms with Crippen LogP contribution in [0.1, 0.15) is 0 Å². The Kier molecular flexibility index (Phi) is 3.77. The molecule has 7 heteroatoms. The average Bonchev–Trinajstić information content (AvgIpc) is 2.41. The molecule has 0 aliphatic heterocycles. The zero-order valence-corrected chi connectivity index (χ0v) is 10.1. The van der Waals surface area contributed by atoms with Crippen LogP contribution in [0.3, 0.4) is 0 Å². The van der Waals surface area contributed by atoms with Gasteiger partial charge in [-0.05, 0) is 18.2 Å². The monoisotopic (exact) mass is 260 g/mol. The zero-order chi connectivity index (χ0) is 13.7. The number of ether oxygens (including phenoxy) is 1. The van der Waals surface area contributed by atoms with Crippen LogP contribution in [-0.4, -0.2) is 23.3 Å². The van der Waals surface area contributed by atoms with Crippen molar-refractivity contribution in [2.45, 2.75) is 0 Å². The van der Waals surface area contributed by atoms with E-state index in [-0.39, 0.29) is 11.4 Å². The zero-order valence-electron chi connectivity index (χ0n) is 10.1. The molecule has 0 aliphatic carbocycles. The van der Waals surface area contributed by atoms with Gasteiger partial charge in [-0.1, -0.05) is 6.07 Å². The summed E-state index contributed by atoms with van der Waals surface area (Å²) in [6.45, 7) is 0. The van der Waals surface area contributed by atoms with Crippen LogP contribution in [0, 0.1) is 0 Å². The van der Waals surface area contributed by atoms with Gasteiger partial charge in [0.2, 0.25) is 0 Å². The van der Waals surface area contributed by atoms with Crippen LogP contribution in [0.5, 0.6) is 5.75 Å². The molecule has 1 heterocycles. The summed E-state index contributed by atoms with van der Waals surface area (Å²) in [5.74, 6) is 0.889. The normalized spacial score (nSPS) is 9.74. The molecule has 2 aromatic rings. The van der Waals surface area contributed by atoms with Gasteiger partial charge in [0.1, 0.15) is 5.75 Å². The highest BCUT2D eigenvalue weighted by molar-refractivity contribution is 5.99. The van der Waals surface area contributed by atoms with Gasteiger partial charge in [-0.15, -0.1) is 0 Å². The van der Waals surface area contributed by atoms with Crippen molar-refractivity contribution in [1.82, 2.24) is 10.2 Å². The number of nitrogens with one attached hydrogen (secondary N) is 3. The van der Waals surface area contributed by atoms with Crippen LogP contribution in [0.2, 0.25) is 0 Å². The summed E-state index contributed by atoms with van der Waals surface area (Å²) in [5, 5.41) is 11.0. The van der Waals surface area contributed by atoms with Crippen molar-refractivity contribution in [1.29, 1.82) is 0 Å². The number of hydrogen-bond donors (Lipinski definition) is 3. The van der Waals surface area contributed by atoms with E-state index in [1.165, 1.54) is 12.1 Å². The molecule has 2 amide bonds. The van der Waals surface area contributed by atoms with Gasteiger partial charge < -0.3 is 10.1 Å². The van der Waals surface area contributed by atoms with E-state index in [4.69, 9.17) is 4.74 Å². The Morgan fingerprint density at radius 2 is 2.11 bits per heavy atom. The van der Waals surface area contributed by atoms with Crippen LogP contribution < -0.4 is 20.9 Å². The minimum atomic E-state index is -0.465. The highest BCUT2D eigenvalue weighted by Gasteiger charge is 2.04. The van der Waals surface area contributed by atoms with E-state index in [2.05, 4.69) is 20.8 Å². The lowest BCUT2D eigenvalue weighted by atomic mass is 10.3. The van der Waals surface area contributed by atoms with E-state index in [1.807, 2.05) is 0 Å². The summed E-state index contributed by atoms with van der Waals surface area (Å²) in [4.78, 5) is 22.5. The number of carbonyl (C=O) groups excluding carboxylic acids is 1. The smallest absolute Gasteiger partial charge is 0.324 e. The van der Waals surface area contributed by atoms with Crippen LogP contribution in [-0.2, 0) is 0 Å². The van der Waals surface area contributed by atoms with Gasteiger partial charge in [-0.25, -0.2) is 9.89 Å². The Hall–Kier alpha value is -2.83. The molecule has 2 rings (SSSR count). The summed E-state index contributed by atoms with van der Waals surface area (Å²) in [6, 6.07) is 9.15. The molecule has 1 aromatic carbocycles. The van der Waals surface area contributed by atoms with Gasteiger partial charge in [0.25, 0.3) is 5.56 Å². The second kappa shape index (κ2) is 5.67. The Labute approximate surface area is 108 Å². The molecule has 0 radical (unpaired) electrons. The fourth-order valence-corrected chi connectivity index (χ4v) is 1.39. The standard InChI is InChI=1S/C12H12N4O3/c1-19-9-4-2-3-8(7-9)13-12(18)14-10-5-6-11(17)16-15-10/h2-7H,1H3,(H,16,17)(H2,13,14,15,18). The van der Waals surface area contributed by atoms with Gasteiger partial charge >= 0.3 is 6.03 Å². The molecule has 0 bridgehead atoms. The first-order valence-corrected chi connectivity index (χ1v) is 5.45. The first-order valence-electron chi connectivity index (χ1n) is 5.45. The number of aromatic amines is 1. The fourth-order valence-electron chi connectivity index (χ4n) is 1.39. The number of benzene rings is 1. The number of urea groups is 1. The van der Waals surface area contributed by atoms with Crippen molar-refractivity contribution in [2.24, 2.45) is 0 Å². The van der Waals surface area contributed by atoms with Crippen molar-refractivity contribution in [2.75, 3.05) is 17.7 Å². The largest absolute Gasteiger partial charge is 0.497 e. The van der Waals surface area contributed by atoms with Gasteiger partial charge in [0, 0.05) is 17.8 Å². The van der Waals surface area contributed by atoms with E-state index in [0.717, 1.165) is 0 Å². The SMILES string of the molecule is COc1cccc(NC(=O)Nc2ccc(=O)[nH]n2)c1. The number of carbonyl (C=O) groups is 1. The Balaban J connectivity index is 2.00. The summed E-state index contributed by atoms with van der Waals surface area (Å²) in [6.07, 6.45) is 0. The maximum absolute atomic E-state index is 11.7. The third-order valence-corrected chi connectivity index (χ3v) is 2.25. The van der Waals surface area contributed by atoms with Crippen molar-refractivity contribution < 1.29 is 9.53 Å². The van der Waals surface area contributed by atoms with Crippen molar-refractivity contribution in [3.05, 3.63) is 46.8 Å². The Morgan fingerprint density at radius 3 is 2.79 bits per heavy atom.